The number of methoxy groups -OCH3 is 1. The van der Waals surface area contributed by atoms with E-state index in [4.69, 9.17) is 9.47 Å². The van der Waals surface area contributed by atoms with Crippen molar-refractivity contribution >= 4 is 12.1 Å². The van der Waals surface area contributed by atoms with Crippen LogP contribution in [0.3, 0.4) is 0 Å². The Hall–Kier alpha value is -2.82. The van der Waals surface area contributed by atoms with Gasteiger partial charge in [0.25, 0.3) is 5.91 Å². The highest BCUT2D eigenvalue weighted by Gasteiger charge is 2.08. The first-order valence-electron chi connectivity index (χ1n) is 7.67. The summed E-state index contributed by atoms with van der Waals surface area (Å²) in [6.07, 6.45) is 1.54. The first kappa shape index (κ1) is 17.5. The van der Waals surface area contributed by atoms with Crippen molar-refractivity contribution in [1.82, 2.24) is 5.43 Å². The lowest BCUT2D eigenvalue weighted by Gasteiger charge is -2.12. The Bertz CT molecular complexity index is 731. The minimum Gasteiger partial charge on any atom is -0.496 e. The van der Waals surface area contributed by atoms with Crippen molar-refractivity contribution in [3.8, 4) is 11.5 Å². The molecule has 0 spiro atoms. The number of carbonyl (C=O) groups excluding carboxylic acids is 1. The van der Waals surface area contributed by atoms with Crippen molar-refractivity contribution in [2.75, 3.05) is 13.7 Å². The lowest BCUT2D eigenvalue weighted by molar-refractivity contribution is -0.123. The zero-order valence-electron chi connectivity index (χ0n) is 14.4. The molecule has 0 aliphatic heterocycles. The SMILES string of the molecule is COc1ccccc1/C=N/NC(=O)COc1c(C)cc(C)cc1C. The van der Waals surface area contributed by atoms with Gasteiger partial charge in [-0.1, -0.05) is 29.8 Å². The molecule has 0 heterocycles. The molecule has 5 heteroatoms. The van der Waals surface area contributed by atoms with Gasteiger partial charge in [0.2, 0.25) is 0 Å². The first-order chi connectivity index (χ1) is 11.5. The second kappa shape index (κ2) is 8.15. The lowest BCUT2D eigenvalue weighted by Crippen LogP contribution is -2.25. The number of amides is 1. The van der Waals surface area contributed by atoms with Gasteiger partial charge < -0.3 is 9.47 Å². The van der Waals surface area contributed by atoms with Crippen LogP contribution < -0.4 is 14.9 Å². The van der Waals surface area contributed by atoms with Crippen LogP contribution in [0.5, 0.6) is 11.5 Å². The van der Waals surface area contributed by atoms with Gasteiger partial charge in [0.1, 0.15) is 11.5 Å². The molecule has 0 atom stereocenters. The molecule has 0 aliphatic carbocycles. The van der Waals surface area contributed by atoms with Crippen LogP contribution in [0.25, 0.3) is 0 Å². The number of ether oxygens (including phenoxy) is 2. The van der Waals surface area contributed by atoms with Gasteiger partial charge in [0.05, 0.1) is 13.3 Å². The van der Waals surface area contributed by atoms with E-state index in [-0.39, 0.29) is 12.5 Å². The number of para-hydroxylation sites is 1. The Morgan fingerprint density at radius 2 is 1.83 bits per heavy atom. The number of hydrazone groups is 1. The van der Waals surface area contributed by atoms with Gasteiger partial charge in [-0.15, -0.1) is 0 Å². The standard InChI is InChI=1S/C19H22N2O3/c1-13-9-14(2)19(15(3)10-13)24-12-18(22)21-20-11-16-7-5-6-8-17(16)23-4/h5-11H,12H2,1-4H3,(H,21,22)/b20-11+. The molecule has 0 aliphatic rings. The summed E-state index contributed by atoms with van der Waals surface area (Å²) in [5.74, 6) is 1.11. The van der Waals surface area contributed by atoms with E-state index in [1.807, 2.05) is 57.2 Å². The third-order valence-corrected chi connectivity index (χ3v) is 3.48. The maximum absolute atomic E-state index is 11.9. The lowest BCUT2D eigenvalue weighted by atomic mass is 10.1. The van der Waals surface area contributed by atoms with Crippen molar-refractivity contribution in [2.24, 2.45) is 5.10 Å². The molecule has 24 heavy (non-hydrogen) atoms. The Labute approximate surface area is 142 Å². The van der Waals surface area contributed by atoms with Crippen LogP contribution in [-0.4, -0.2) is 25.8 Å². The predicted octanol–water partition coefficient (Wildman–Crippen LogP) is 3.15. The minimum atomic E-state index is -0.319. The zero-order chi connectivity index (χ0) is 17.5. The molecular formula is C19H22N2O3. The molecule has 0 aromatic heterocycles. The third-order valence-electron chi connectivity index (χ3n) is 3.48. The smallest absolute Gasteiger partial charge is 0.277 e. The van der Waals surface area contributed by atoms with Gasteiger partial charge in [-0.25, -0.2) is 5.43 Å². The monoisotopic (exact) mass is 326 g/mol. The van der Waals surface area contributed by atoms with Crippen LogP contribution >= 0.6 is 0 Å². The Kier molecular flexibility index (Phi) is 5.95. The third kappa shape index (κ3) is 4.59. The number of benzene rings is 2. The fourth-order valence-electron chi connectivity index (χ4n) is 2.51. The van der Waals surface area contributed by atoms with E-state index < -0.39 is 0 Å². The van der Waals surface area contributed by atoms with E-state index >= 15 is 0 Å². The van der Waals surface area contributed by atoms with E-state index in [9.17, 15) is 4.79 Å². The van der Waals surface area contributed by atoms with Crippen molar-refractivity contribution in [3.63, 3.8) is 0 Å². The van der Waals surface area contributed by atoms with Gasteiger partial charge >= 0.3 is 0 Å². The molecule has 0 bridgehead atoms. The quantitative estimate of drug-likeness (QED) is 0.655. The summed E-state index contributed by atoms with van der Waals surface area (Å²) < 4.78 is 10.8. The maximum atomic E-state index is 11.9. The summed E-state index contributed by atoms with van der Waals surface area (Å²) in [6, 6.07) is 11.5. The zero-order valence-corrected chi connectivity index (χ0v) is 14.4. The second-order valence-electron chi connectivity index (χ2n) is 5.55. The molecule has 2 aromatic carbocycles. The fraction of sp³-hybridized carbons (Fsp3) is 0.263. The number of hydrogen-bond acceptors (Lipinski definition) is 4. The molecule has 5 nitrogen and oxygen atoms in total. The molecule has 2 aromatic rings. The average Bonchev–Trinajstić information content (AvgIpc) is 2.54. The van der Waals surface area contributed by atoms with E-state index in [2.05, 4.69) is 10.5 Å². The van der Waals surface area contributed by atoms with Crippen LogP contribution in [0.1, 0.15) is 22.3 Å². The highest BCUT2D eigenvalue weighted by atomic mass is 16.5. The van der Waals surface area contributed by atoms with Gasteiger partial charge in [0, 0.05) is 5.56 Å². The molecule has 0 unspecified atom stereocenters. The summed E-state index contributed by atoms with van der Waals surface area (Å²) in [4.78, 5) is 11.9. The van der Waals surface area contributed by atoms with E-state index in [0.29, 0.717) is 5.75 Å². The summed E-state index contributed by atoms with van der Waals surface area (Å²) in [5.41, 5.74) is 6.43. The summed E-state index contributed by atoms with van der Waals surface area (Å²) in [7, 11) is 1.59. The molecule has 1 amide bonds. The van der Waals surface area contributed by atoms with Crippen LogP contribution in [-0.2, 0) is 4.79 Å². The molecular weight excluding hydrogens is 304 g/mol. The van der Waals surface area contributed by atoms with Gasteiger partial charge in [-0.05, 0) is 44.0 Å². The van der Waals surface area contributed by atoms with E-state index in [1.165, 1.54) is 5.56 Å². The maximum Gasteiger partial charge on any atom is 0.277 e. The highest BCUT2D eigenvalue weighted by Crippen LogP contribution is 2.24. The molecule has 126 valence electrons. The van der Waals surface area contributed by atoms with Crippen molar-refractivity contribution < 1.29 is 14.3 Å². The number of nitrogens with zero attached hydrogens (tertiary/aromatic N) is 1. The number of carbonyl (C=O) groups is 1. The van der Waals surface area contributed by atoms with Crippen molar-refractivity contribution in [3.05, 3.63) is 58.7 Å². The van der Waals surface area contributed by atoms with E-state index in [0.717, 1.165) is 22.4 Å². The first-order valence-corrected chi connectivity index (χ1v) is 7.67. The second-order valence-corrected chi connectivity index (χ2v) is 5.55. The molecule has 0 fully saturated rings. The molecule has 0 radical (unpaired) electrons. The van der Waals surface area contributed by atoms with Crippen LogP contribution in [0.2, 0.25) is 0 Å². The summed E-state index contributed by atoms with van der Waals surface area (Å²) in [5, 5.41) is 3.94. The number of aryl methyl sites for hydroxylation is 3. The average molecular weight is 326 g/mol. The number of hydrogen-bond donors (Lipinski definition) is 1. The van der Waals surface area contributed by atoms with E-state index in [1.54, 1.807) is 13.3 Å². The van der Waals surface area contributed by atoms with Crippen LogP contribution in [0.15, 0.2) is 41.5 Å². The normalized spacial score (nSPS) is 10.7. The Morgan fingerprint density at radius 1 is 1.17 bits per heavy atom. The van der Waals surface area contributed by atoms with Crippen molar-refractivity contribution in [2.45, 2.75) is 20.8 Å². The van der Waals surface area contributed by atoms with Crippen LogP contribution in [0, 0.1) is 20.8 Å². The van der Waals surface area contributed by atoms with Crippen molar-refractivity contribution in [1.29, 1.82) is 0 Å². The Balaban J connectivity index is 1.91. The fourth-order valence-corrected chi connectivity index (χ4v) is 2.51. The Morgan fingerprint density at radius 3 is 2.50 bits per heavy atom. The molecule has 2 rings (SSSR count). The minimum absolute atomic E-state index is 0.0893. The number of nitrogens with one attached hydrogen (secondary N) is 1. The summed E-state index contributed by atoms with van der Waals surface area (Å²) in [6.45, 7) is 5.87. The van der Waals surface area contributed by atoms with Gasteiger partial charge in [-0.3, -0.25) is 4.79 Å². The summed E-state index contributed by atoms with van der Waals surface area (Å²) >= 11 is 0. The molecule has 1 N–H and O–H groups in total. The van der Waals surface area contributed by atoms with Gasteiger partial charge in [-0.2, -0.15) is 5.10 Å². The van der Waals surface area contributed by atoms with Gasteiger partial charge in [0.15, 0.2) is 6.61 Å². The number of rotatable bonds is 6. The molecule has 0 saturated carbocycles. The predicted molar refractivity (Wildman–Crippen MR) is 94.9 cm³/mol. The topological polar surface area (TPSA) is 59.9 Å². The van der Waals surface area contributed by atoms with Crippen LogP contribution in [0.4, 0.5) is 0 Å². The molecule has 0 saturated heterocycles. The highest BCUT2D eigenvalue weighted by molar-refractivity contribution is 5.85. The largest absolute Gasteiger partial charge is 0.496 e.